The number of nitrogens with one attached hydrogen (secondary N) is 2. The van der Waals surface area contributed by atoms with Crippen LogP contribution in [-0.4, -0.2) is 65.6 Å². The quantitative estimate of drug-likeness (QED) is 0.338. The number of aromatic nitrogens is 2. The molecule has 2 N–H and O–H groups in total. The SMILES string of the molecule is CC.COC(=O)c1nc(N[C@@H](C)[C@@H]2CCCN2C)c(C(C)=N)c(SC)n1. The van der Waals surface area contributed by atoms with Crippen LogP contribution in [0.2, 0.25) is 0 Å². The first-order valence-electron chi connectivity index (χ1n) is 8.95. The Kier molecular flexibility index (Phi) is 9.01. The van der Waals surface area contributed by atoms with Crippen molar-refractivity contribution >= 4 is 29.3 Å². The van der Waals surface area contributed by atoms with E-state index in [4.69, 9.17) is 10.1 Å². The minimum Gasteiger partial charge on any atom is -0.463 e. The lowest BCUT2D eigenvalue weighted by Crippen LogP contribution is -2.39. The van der Waals surface area contributed by atoms with Crippen LogP contribution in [0.1, 0.15) is 56.7 Å². The average Bonchev–Trinajstić information content (AvgIpc) is 3.07. The Morgan fingerprint density at radius 3 is 2.54 bits per heavy atom. The van der Waals surface area contributed by atoms with Crippen molar-refractivity contribution in [2.24, 2.45) is 0 Å². The van der Waals surface area contributed by atoms with E-state index in [0.717, 1.165) is 13.0 Å². The zero-order valence-corrected chi connectivity index (χ0v) is 17.7. The van der Waals surface area contributed by atoms with E-state index >= 15 is 0 Å². The first-order valence-corrected chi connectivity index (χ1v) is 10.2. The van der Waals surface area contributed by atoms with E-state index in [1.54, 1.807) is 6.92 Å². The lowest BCUT2D eigenvalue weighted by molar-refractivity contribution is 0.0586. The number of nitrogens with zero attached hydrogens (tertiary/aromatic N) is 3. The molecule has 0 aromatic carbocycles. The Morgan fingerprint density at radius 2 is 2.08 bits per heavy atom. The Labute approximate surface area is 160 Å². The molecule has 1 aliphatic heterocycles. The Hall–Kier alpha value is -1.67. The summed E-state index contributed by atoms with van der Waals surface area (Å²) in [6.07, 6.45) is 4.17. The molecule has 1 aromatic rings. The molecule has 0 bridgehead atoms. The molecule has 146 valence electrons. The van der Waals surface area contributed by atoms with Crippen molar-refractivity contribution in [3.8, 4) is 0 Å². The number of methoxy groups -OCH3 is 1. The van der Waals surface area contributed by atoms with Gasteiger partial charge in [-0.05, 0) is 46.5 Å². The van der Waals surface area contributed by atoms with E-state index in [1.165, 1.54) is 25.3 Å². The Morgan fingerprint density at radius 1 is 1.42 bits per heavy atom. The van der Waals surface area contributed by atoms with Crippen molar-refractivity contribution in [1.82, 2.24) is 14.9 Å². The Balaban J connectivity index is 0.00000163. The van der Waals surface area contributed by atoms with Gasteiger partial charge in [0.15, 0.2) is 0 Å². The molecule has 2 rings (SSSR count). The van der Waals surface area contributed by atoms with Crippen LogP contribution < -0.4 is 5.32 Å². The van der Waals surface area contributed by atoms with Crippen molar-refractivity contribution < 1.29 is 9.53 Å². The highest BCUT2D eigenvalue weighted by molar-refractivity contribution is 7.98. The fourth-order valence-corrected chi connectivity index (χ4v) is 3.72. The van der Waals surface area contributed by atoms with Crippen LogP contribution >= 0.6 is 11.8 Å². The monoisotopic (exact) mass is 381 g/mol. The molecule has 0 aliphatic carbocycles. The van der Waals surface area contributed by atoms with E-state index in [2.05, 4.69) is 34.2 Å². The van der Waals surface area contributed by atoms with Gasteiger partial charge in [-0.1, -0.05) is 13.8 Å². The van der Waals surface area contributed by atoms with Gasteiger partial charge in [0.25, 0.3) is 0 Å². The fourth-order valence-electron chi connectivity index (χ4n) is 3.09. The smallest absolute Gasteiger partial charge is 0.376 e. The number of hydrogen-bond acceptors (Lipinski definition) is 8. The maximum absolute atomic E-state index is 11.9. The van der Waals surface area contributed by atoms with E-state index < -0.39 is 5.97 Å². The van der Waals surface area contributed by atoms with E-state index in [-0.39, 0.29) is 11.9 Å². The summed E-state index contributed by atoms with van der Waals surface area (Å²) in [5.41, 5.74) is 1.01. The highest BCUT2D eigenvalue weighted by Crippen LogP contribution is 2.27. The molecule has 7 nitrogen and oxygen atoms in total. The number of carbonyl (C=O) groups excluding carboxylic acids is 1. The molecular formula is C18H31N5O2S. The van der Waals surface area contributed by atoms with Crippen molar-refractivity contribution in [2.75, 3.05) is 32.3 Å². The van der Waals surface area contributed by atoms with Gasteiger partial charge in [0.05, 0.1) is 12.7 Å². The summed E-state index contributed by atoms with van der Waals surface area (Å²) in [6.45, 7) is 8.89. The summed E-state index contributed by atoms with van der Waals surface area (Å²) >= 11 is 1.39. The first-order chi connectivity index (χ1) is 12.4. The maximum atomic E-state index is 11.9. The third kappa shape index (κ3) is 5.17. The third-order valence-corrected chi connectivity index (χ3v) is 5.01. The van der Waals surface area contributed by atoms with Crippen molar-refractivity contribution in [1.29, 1.82) is 5.41 Å². The summed E-state index contributed by atoms with van der Waals surface area (Å²) in [5, 5.41) is 12.1. The third-order valence-electron chi connectivity index (χ3n) is 4.33. The van der Waals surface area contributed by atoms with Crippen LogP contribution in [-0.2, 0) is 4.74 Å². The maximum Gasteiger partial charge on any atom is 0.376 e. The highest BCUT2D eigenvalue weighted by Gasteiger charge is 2.28. The number of carbonyl (C=O) groups is 1. The largest absolute Gasteiger partial charge is 0.463 e. The van der Waals surface area contributed by atoms with Gasteiger partial charge >= 0.3 is 5.97 Å². The number of rotatable bonds is 6. The number of likely N-dealkylation sites (tertiary alicyclic amines) is 1. The molecule has 0 amide bonds. The van der Waals surface area contributed by atoms with Crippen molar-refractivity contribution in [3.63, 3.8) is 0 Å². The molecule has 8 heteroatoms. The minimum absolute atomic E-state index is 0.0151. The second-order valence-corrected chi connectivity index (χ2v) is 6.81. The van der Waals surface area contributed by atoms with Crippen LogP contribution in [0.4, 0.5) is 5.82 Å². The molecule has 1 aliphatic rings. The number of esters is 1. The summed E-state index contributed by atoms with van der Waals surface area (Å²) in [7, 11) is 3.43. The van der Waals surface area contributed by atoms with Crippen LogP contribution in [0.15, 0.2) is 5.03 Å². The molecule has 0 unspecified atom stereocenters. The van der Waals surface area contributed by atoms with Gasteiger partial charge in [0, 0.05) is 17.8 Å². The van der Waals surface area contributed by atoms with Crippen LogP contribution in [0.3, 0.4) is 0 Å². The summed E-state index contributed by atoms with van der Waals surface area (Å²) in [5.74, 6) is -0.0375. The van der Waals surface area contributed by atoms with Gasteiger partial charge < -0.3 is 20.4 Å². The predicted octanol–water partition coefficient (Wildman–Crippen LogP) is 3.29. The number of anilines is 1. The van der Waals surface area contributed by atoms with Crippen molar-refractivity contribution in [2.45, 2.75) is 57.6 Å². The molecule has 0 radical (unpaired) electrons. The van der Waals surface area contributed by atoms with Gasteiger partial charge in [-0.2, -0.15) is 0 Å². The van der Waals surface area contributed by atoms with Gasteiger partial charge in [-0.3, -0.25) is 0 Å². The number of hydrogen-bond donors (Lipinski definition) is 2. The second-order valence-electron chi connectivity index (χ2n) is 6.02. The van der Waals surface area contributed by atoms with Crippen LogP contribution in [0.25, 0.3) is 0 Å². The molecule has 26 heavy (non-hydrogen) atoms. The molecule has 2 heterocycles. The molecule has 2 atom stereocenters. The highest BCUT2D eigenvalue weighted by atomic mass is 32.2. The van der Waals surface area contributed by atoms with E-state index in [1.807, 2.05) is 20.1 Å². The molecule has 1 fully saturated rings. The first kappa shape index (κ1) is 22.4. The molecular weight excluding hydrogens is 350 g/mol. The number of thioether (sulfide) groups is 1. The Bertz CT molecular complexity index is 638. The zero-order valence-electron chi connectivity index (χ0n) is 16.8. The van der Waals surface area contributed by atoms with Gasteiger partial charge in [-0.25, -0.2) is 14.8 Å². The number of likely N-dealkylation sites (N-methyl/N-ethyl adjacent to an activating group) is 1. The molecule has 0 spiro atoms. The molecule has 0 saturated carbocycles. The van der Waals surface area contributed by atoms with Crippen LogP contribution in [0, 0.1) is 5.41 Å². The lowest BCUT2D eigenvalue weighted by atomic mass is 10.1. The van der Waals surface area contributed by atoms with Gasteiger partial charge in [0.1, 0.15) is 10.8 Å². The minimum atomic E-state index is -0.576. The van der Waals surface area contributed by atoms with E-state index in [0.29, 0.717) is 28.2 Å². The summed E-state index contributed by atoms with van der Waals surface area (Å²) < 4.78 is 4.75. The topological polar surface area (TPSA) is 91.2 Å². The van der Waals surface area contributed by atoms with E-state index in [9.17, 15) is 4.79 Å². The van der Waals surface area contributed by atoms with Crippen molar-refractivity contribution in [3.05, 3.63) is 11.4 Å². The average molecular weight is 382 g/mol. The normalized spacial score (nSPS) is 17.9. The predicted molar refractivity (Wildman–Crippen MR) is 108 cm³/mol. The van der Waals surface area contributed by atoms with Gasteiger partial charge in [0.2, 0.25) is 5.82 Å². The van der Waals surface area contributed by atoms with Gasteiger partial charge in [-0.15, -0.1) is 11.8 Å². The summed E-state index contributed by atoms with van der Waals surface area (Å²) in [6, 6.07) is 0.545. The fraction of sp³-hybridized carbons (Fsp3) is 0.667. The molecule has 1 saturated heterocycles. The second kappa shape index (κ2) is 10.5. The number of ether oxygens (including phenoxy) is 1. The molecule has 1 aromatic heterocycles. The standard InChI is InChI=1S/C16H25N5O2S.C2H6/c1-9(17)12-13(18-10(2)11-7-6-8-21(11)3)19-14(16(22)23-4)20-15(12)24-5;1-2/h10-11,17H,6-8H2,1-5H3,(H,18,19,20);1-2H3/t10-,11-;/m0./s1. The lowest BCUT2D eigenvalue weighted by Gasteiger charge is -2.28. The summed E-state index contributed by atoms with van der Waals surface area (Å²) in [4.78, 5) is 22.8. The van der Waals surface area contributed by atoms with Crippen LogP contribution in [0.5, 0.6) is 0 Å². The zero-order chi connectivity index (χ0) is 19.9.